The number of hydrogen-bond donors (Lipinski definition) is 2. The number of rotatable bonds is 5. The molecule has 1 heterocycles. The molecule has 1 saturated heterocycles. The zero-order valence-electron chi connectivity index (χ0n) is 12.2. The van der Waals surface area contributed by atoms with E-state index in [0.717, 1.165) is 5.56 Å². The summed E-state index contributed by atoms with van der Waals surface area (Å²) in [5.41, 5.74) is -0.543. The van der Waals surface area contributed by atoms with Crippen molar-refractivity contribution in [1.82, 2.24) is 5.32 Å². The van der Waals surface area contributed by atoms with Crippen LogP contribution in [0.1, 0.15) is 18.4 Å². The zero-order valence-corrected chi connectivity index (χ0v) is 13.0. The Kier molecular flexibility index (Phi) is 5.26. The van der Waals surface area contributed by atoms with Crippen LogP contribution in [0, 0.1) is 6.92 Å². The average molecular weight is 328 g/mol. The Morgan fingerprint density at radius 3 is 2.73 bits per heavy atom. The first kappa shape index (κ1) is 16.6. The van der Waals surface area contributed by atoms with E-state index in [1.54, 1.807) is 25.1 Å². The van der Waals surface area contributed by atoms with Crippen LogP contribution in [0.5, 0.6) is 5.75 Å². The number of benzene rings is 1. The van der Waals surface area contributed by atoms with Crippen LogP contribution in [0.4, 0.5) is 0 Å². The number of ether oxygens (including phenoxy) is 2. The van der Waals surface area contributed by atoms with Crippen molar-refractivity contribution in [1.29, 1.82) is 0 Å². The number of carboxylic acid groups (broad SMARTS) is 1. The molecule has 0 spiro atoms. The van der Waals surface area contributed by atoms with Gasteiger partial charge in [-0.2, -0.15) is 0 Å². The Hall–Kier alpha value is -1.79. The largest absolute Gasteiger partial charge is 0.483 e. The summed E-state index contributed by atoms with van der Waals surface area (Å²) in [6.07, 6.45) is 0.481. The quantitative estimate of drug-likeness (QED) is 0.861. The molecule has 22 heavy (non-hydrogen) atoms. The first-order chi connectivity index (χ1) is 10.4. The van der Waals surface area contributed by atoms with Crippen LogP contribution in [0.3, 0.4) is 0 Å². The number of carbonyl (C=O) groups excluding carboxylic acids is 1. The minimum Gasteiger partial charge on any atom is -0.483 e. The number of halogens is 1. The predicted octanol–water partition coefficient (Wildman–Crippen LogP) is 1.78. The van der Waals surface area contributed by atoms with E-state index < -0.39 is 17.4 Å². The second kappa shape index (κ2) is 6.98. The minimum atomic E-state index is -1.28. The van der Waals surface area contributed by atoms with E-state index in [2.05, 4.69) is 5.32 Å². The van der Waals surface area contributed by atoms with Gasteiger partial charge in [0.1, 0.15) is 11.3 Å². The smallest absolute Gasteiger partial charge is 0.329 e. The number of hydrogen-bond acceptors (Lipinski definition) is 4. The highest BCUT2D eigenvalue weighted by molar-refractivity contribution is 6.31. The molecular weight excluding hydrogens is 310 g/mol. The maximum absolute atomic E-state index is 12.0. The van der Waals surface area contributed by atoms with Crippen LogP contribution in [0.2, 0.25) is 5.02 Å². The molecule has 2 N–H and O–H groups in total. The summed E-state index contributed by atoms with van der Waals surface area (Å²) in [7, 11) is 0. The van der Waals surface area contributed by atoms with E-state index in [9.17, 15) is 14.7 Å². The van der Waals surface area contributed by atoms with Crippen molar-refractivity contribution in [2.45, 2.75) is 25.3 Å². The molecule has 7 heteroatoms. The highest BCUT2D eigenvalue weighted by Crippen LogP contribution is 2.25. The molecule has 0 saturated carbocycles. The van der Waals surface area contributed by atoms with Crippen molar-refractivity contribution in [2.24, 2.45) is 0 Å². The zero-order chi connectivity index (χ0) is 16.2. The van der Waals surface area contributed by atoms with Gasteiger partial charge in [0, 0.05) is 36.6 Å². The van der Waals surface area contributed by atoms with Gasteiger partial charge < -0.3 is 19.9 Å². The summed E-state index contributed by atoms with van der Waals surface area (Å²) in [6, 6.07) is 5.15. The number of nitrogens with one attached hydrogen (secondary N) is 1. The van der Waals surface area contributed by atoms with E-state index in [1.807, 2.05) is 0 Å². The molecule has 1 aromatic carbocycles. The van der Waals surface area contributed by atoms with E-state index in [4.69, 9.17) is 21.1 Å². The Morgan fingerprint density at radius 2 is 2.09 bits per heavy atom. The molecular formula is C15H18ClNO5. The lowest BCUT2D eigenvalue weighted by atomic mass is 9.90. The fourth-order valence-electron chi connectivity index (χ4n) is 2.30. The van der Waals surface area contributed by atoms with Gasteiger partial charge in [0.25, 0.3) is 5.91 Å². The highest BCUT2D eigenvalue weighted by Gasteiger charge is 2.41. The van der Waals surface area contributed by atoms with Gasteiger partial charge in [0.2, 0.25) is 0 Å². The average Bonchev–Trinajstić information content (AvgIpc) is 2.49. The number of amides is 1. The summed E-state index contributed by atoms with van der Waals surface area (Å²) in [5, 5.41) is 12.5. The maximum Gasteiger partial charge on any atom is 0.329 e. The van der Waals surface area contributed by atoms with Crippen LogP contribution in [-0.4, -0.2) is 42.3 Å². The first-order valence-electron chi connectivity index (χ1n) is 6.95. The number of aliphatic carboxylic acids is 1. The molecule has 0 aliphatic carbocycles. The summed E-state index contributed by atoms with van der Waals surface area (Å²) >= 11 is 5.98. The molecule has 1 amide bonds. The van der Waals surface area contributed by atoms with Gasteiger partial charge in [0.15, 0.2) is 6.61 Å². The molecule has 1 aromatic rings. The summed E-state index contributed by atoms with van der Waals surface area (Å²) in [4.78, 5) is 23.5. The van der Waals surface area contributed by atoms with E-state index >= 15 is 0 Å². The van der Waals surface area contributed by atoms with Crippen LogP contribution >= 0.6 is 11.6 Å². The normalized spacial score (nSPS) is 16.8. The molecule has 0 bridgehead atoms. The molecule has 2 rings (SSSR count). The molecule has 1 fully saturated rings. The third kappa shape index (κ3) is 3.69. The lowest BCUT2D eigenvalue weighted by molar-refractivity contribution is -0.152. The Balaban J connectivity index is 1.97. The fourth-order valence-corrected chi connectivity index (χ4v) is 2.47. The van der Waals surface area contributed by atoms with E-state index in [-0.39, 0.29) is 19.4 Å². The van der Waals surface area contributed by atoms with Gasteiger partial charge in [-0.1, -0.05) is 17.7 Å². The lowest BCUT2D eigenvalue weighted by Gasteiger charge is -2.33. The minimum absolute atomic E-state index is 0.240. The first-order valence-corrected chi connectivity index (χ1v) is 7.32. The van der Waals surface area contributed by atoms with Gasteiger partial charge in [-0.25, -0.2) is 4.79 Å². The third-order valence-electron chi connectivity index (χ3n) is 3.71. The Labute approximate surface area is 133 Å². The van der Waals surface area contributed by atoms with Crippen LogP contribution in [0.15, 0.2) is 18.2 Å². The van der Waals surface area contributed by atoms with E-state index in [0.29, 0.717) is 24.0 Å². The van der Waals surface area contributed by atoms with Crippen molar-refractivity contribution in [3.8, 4) is 5.75 Å². The monoisotopic (exact) mass is 327 g/mol. The molecule has 0 atom stereocenters. The fraction of sp³-hybridized carbons (Fsp3) is 0.467. The van der Waals surface area contributed by atoms with Crippen molar-refractivity contribution >= 4 is 23.5 Å². The molecule has 0 unspecified atom stereocenters. The van der Waals surface area contributed by atoms with Crippen LogP contribution in [-0.2, 0) is 14.3 Å². The van der Waals surface area contributed by atoms with Gasteiger partial charge in [0.05, 0.1) is 0 Å². The molecule has 120 valence electrons. The van der Waals surface area contributed by atoms with Gasteiger partial charge in [-0.05, 0) is 19.1 Å². The molecule has 0 radical (unpaired) electrons. The highest BCUT2D eigenvalue weighted by atomic mass is 35.5. The standard InChI is InChI=1S/C15H18ClNO5/c1-10-11(16)3-2-4-12(10)22-9-13(18)17-15(14(19)20)5-7-21-8-6-15/h2-4H,5-9H2,1H3,(H,17,18)(H,19,20). The Bertz CT molecular complexity index is 569. The molecule has 6 nitrogen and oxygen atoms in total. The van der Waals surface area contributed by atoms with Crippen molar-refractivity contribution in [3.63, 3.8) is 0 Å². The van der Waals surface area contributed by atoms with Crippen molar-refractivity contribution in [2.75, 3.05) is 19.8 Å². The molecule has 1 aliphatic heterocycles. The van der Waals surface area contributed by atoms with Gasteiger partial charge >= 0.3 is 5.97 Å². The maximum atomic E-state index is 12.0. The van der Waals surface area contributed by atoms with E-state index in [1.165, 1.54) is 0 Å². The van der Waals surface area contributed by atoms with Crippen LogP contribution < -0.4 is 10.1 Å². The number of carboxylic acids is 1. The number of carbonyl (C=O) groups is 2. The molecule has 0 aromatic heterocycles. The summed E-state index contributed by atoms with van der Waals surface area (Å²) < 4.78 is 10.6. The van der Waals surface area contributed by atoms with Crippen LogP contribution in [0.25, 0.3) is 0 Å². The van der Waals surface area contributed by atoms with Crippen molar-refractivity contribution < 1.29 is 24.2 Å². The summed E-state index contributed by atoms with van der Waals surface area (Å²) in [6.45, 7) is 2.13. The second-order valence-electron chi connectivity index (χ2n) is 5.20. The van der Waals surface area contributed by atoms with Crippen molar-refractivity contribution in [3.05, 3.63) is 28.8 Å². The summed E-state index contributed by atoms with van der Waals surface area (Å²) in [5.74, 6) is -1.04. The predicted molar refractivity (Wildman–Crippen MR) is 80.2 cm³/mol. The van der Waals surface area contributed by atoms with Gasteiger partial charge in [-0.3, -0.25) is 4.79 Å². The lowest BCUT2D eigenvalue weighted by Crippen LogP contribution is -2.58. The van der Waals surface area contributed by atoms with Gasteiger partial charge in [-0.15, -0.1) is 0 Å². The Morgan fingerprint density at radius 1 is 1.41 bits per heavy atom. The molecule has 1 aliphatic rings. The second-order valence-corrected chi connectivity index (χ2v) is 5.61. The SMILES string of the molecule is Cc1c(Cl)cccc1OCC(=O)NC1(C(=O)O)CCOCC1. The third-order valence-corrected chi connectivity index (χ3v) is 4.12. The topological polar surface area (TPSA) is 84.9 Å².